The number of para-hydroxylation sites is 1. The number of imide groups is 1. The van der Waals surface area contributed by atoms with Gasteiger partial charge in [0.05, 0.1) is 22.4 Å². The van der Waals surface area contributed by atoms with E-state index in [-0.39, 0.29) is 22.9 Å². The van der Waals surface area contributed by atoms with Crippen LogP contribution in [0.25, 0.3) is 0 Å². The second-order valence-corrected chi connectivity index (χ2v) is 9.87. The Bertz CT molecular complexity index is 1440. The molecule has 1 aliphatic heterocycles. The number of hydrogen-bond donors (Lipinski definition) is 0. The number of nitrogens with zero attached hydrogens (tertiary/aromatic N) is 1. The minimum atomic E-state index is -5.27. The quantitative estimate of drug-likeness (QED) is 0.250. The summed E-state index contributed by atoms with van der Waals surface area (Å²) in [7, 11) is 0. The van der Waals surface area contributed by atoms with Gasteiger partial charge < -0.3 is 9.47 Å². The van der Waals surface area contributed by atoms with Crippen LogP contribution in [0, 0.1) is 0 Å². The van der Waals surface area contributed by atoms with E-state index >= 15 is 0 Å². The van der Waals surface area contributed by atoms with E-state index in [9.17, 15) is 40.7 Å². The molecule has 2 amide bonds. The van der Waals surface area contributed by atoms with Crippen molar-refractivity contribution in [2.24, 2.45) is 0 Å². The van der Waals surface area contributed by atoms with E-state index in [1.165, 1.54) is 69.3 Å². The molecule has 0 fully saturated rings. The molecule has 40 heavy (non-hydrogen) atoms. The van der Waals surface area contributed by atoms with Crippen molar-refractivity contribution in [2.45, 2.75) is 44.3 Å². The summed E-state index contributed by atoms with van der Waals surface area (Å²) in [5.74, 6) is -2.67. The molecule has 0 spiro atoms. The van der Waals surface area contributed by atoms with Crippen molar-refractivity contribution in [3.8, 4) is 0 Å². The Morgan fingerprint density at radius 3 is 1.82 bits per heavy atom. The third kappa shape index (κ3) is 5.25. The fourth-order valence-electron chi connectivity index (χ4n) is 4.20. The lowest BCUT2D eigenvalue weighted by Gasteiger charge is -2.30. The maximum atomic E-state index is 14.1. The van der Waals surface area contributed by atoms with Crippen molar-refractivity contribution in [3.63, 3.8) is 0 Å². The highest BCUT2D eigenvalue weighted by Gasteiger charge is 2.59. The van der Waals surface area contributed by atoms with E-state index in [1.54, 1.807) is 6.07 Å². The third-order valence-corrected chi connectivity index (χ3v) is 5.85. The van der Waals surface area contributed by atoms with Crippen molar-refractivity contribution < 1.29 is 50.2 Å². The monoisotopic (exact) mass is 565 g/mol. The highest BCUT2D eigenvalue weighted by atomic mass is 19.4. The minimum Gasteiger partial charge on any atom is -0.443 e. The van der Waals surface area contributed by atoms with Gasteiger partial charge in [-0.1, -0.05) is 36.4 Å². The average Bonchev–Trinajstić information content (AvgIpc) is 3.10. The summed E-state index contributed by atoms with van der Waals surface area (Å²) in [5.41, 5.74) is -9.22. The highest BCUT2D eigenvalue weighted by molar-refractivity contribution is 6.22. The van der Waals surface area contributed by atoms with Crippen LogP contribution >= 0.6 is 0 Å². The normalized spacial score (nSPS) is 17.4. The molecule has 0 unspecified atom stereocenters. The zero-order chi connectivity index (χ0) is 29.7. The molecule has 6 nitrogen and oxygen atoms in total. The lowest BCUT2D eigenvalue weighted by Crippen LogP contribution is -2.48. The Labute approximate surface area is 224 Å². The van der Waals surface area contributed by atoms with Gasteiger partial charge in [0.1, 0.15) is 5.60 Å². The van der Waals surface area contributed by atoms with Crippen LogP contribution < -0.4 is 4.90 Å². The van der Waals surface area contributed by atoms with Crippen molar-refractivity contribution in [1.29, 1.82) is 0 Å². The first-order valence-corrected chi connectivity index (χ1v) is 11.7. The highest BCUT2D eigenvalue weighted by Crippen LogP contribution is 2.50. The van der Waals surface area contributed by atoms with Gasteiger partial charge in [0.2, 0.25) is 5.60 Å². The van der Waals surface area contributed by atoms with Gasteiger partial charge >= 0.3 is 24.4 Å². The first-order chi connectivity index (χ1) is 18.4. The maximum Gasteiger partial charge on any atom is 0.421 e. The predicted octanol–water partition coefficient (Wildman–Crippen LogP) is 7.11. The Kier molecular flexibility index (Phi) is 6.94. The van der Waals surface area contributed by atoms with E-state index in [1.807, 2.05) is 0 Å². The number of halogens is 6. The van der Waals surface area contributed by atoms with Gasteiger partial charge in [0.25, 0.3) is 5.91 Å². The van der Waals surface area contributed by atoms with Crippen LogP contribution in [-0.2, 0) is 32.2 Å². The topological polar surface area (TPSA) is 72.9 Å². The van der Waals surface area contributed by atoms with Gasteiger partial charge in [0.15, 0.2) is 0 Å². The molecule has 0 radical (unpaired) electrons. The molecule has 0 aromatic heterocycles. The van der Waals surface area contributed by atoms with Gasteiger partial charge in [-0.3, -0.25) is 4.79 Å². The smallest absolute Gasteiger partial charge is 0.421 e. The standard InChI is InChI=1S/C28H21F6NO5/c1-25(2,3)40-24(38)35-21-12-8-7-11-20(21)26(23(35)37,39-22(36)16-9-5-4-6-10-16)17-13-18(27(29,30)31)15-19(14-17)28(32,33)34/h4-15H,1-3H3/t26-/m0/s1. The Balaban J connectivity index is 2.05. The summed E-state index contributed by atoms with van der Waals surface area (Å²) < 4.78 is 93.8. The number of fused-ring (bicyclic) bond motifs is 1. The number of rotatable bonds is 3. The van der Waals surface area contributed by atoms with Crippen molar-refractivity contribution >= 4 is 23.7 Å². The van der Waals surface area contributed by atoms with Crippen molar-refractivity contribution in [2.75, 3.05) is 4.90 Å². The maximum absolute atomic E-state index is 14.1. The third-order valence-electron chi connectivity index (χ3n) is 5.85. The molecule has 0 N–H and O–H groups in total. The number of anilines is 1. The first-order valence-electron chi connectivity index (χ1n) is 11.7. The van der Waals surface area contributed by atoms with Crippen LogP contribution in [-0.4, -0.2) is 23.6 Å². The second kappa shape index (κ2) is 9.68. The molecule has 1 atom stereocenters. The van der Waals surface area contributed by atoms with Gasteiger partial charge in [0, 0.05) is 11.1 Å². The van der Waals surface area contributed by atoms with Crippen molar-refractivity contribution in [3.05, 3.63) is 101 Å². The van der Waals surface area contributed by atoms with E-state index < -0.39 is 58.2 Å². The molecule has 0 saturated heterocycles. The van der Waals surface area contributed by atoms with Gasteiger partial charge in [-0.2, -0.15) is 26.3 Å². The van der Waals surface area contributed by atoms with E-state index in [2.05, 4.69) is 0 Å². The molecule has 3 aromatic carbocycles. The number of benzene rings is 3. The number of carbonyl (C=O) groups is 3. The van der Waals surface area contributed by atoms with Crippen LogP contribution in [0.5, 0.6) is 0 Å². The summed E-state index contributed by atoms with van der Waals surface area (Å²) in [4.78, 5) is 40.9. The fourth-order valence-corrected chi connectivity index (χ4v) is 4.20. The summed E-state index contributed by atoms with van der Waals surface area (Å²) >= 11 is 0. The summed E-state index contributed by atoms with van der Waals surface area (Å²) in [6, 6.07) is 12.6. The summed E-state index contributed by atoms with van der Waals surface area (Å²) in [5, 5.41) is 0. The molecule has 4 rings (SSSR count). The largest absolute Gasteiger partial charge is 0.443 e. The summed E-state index contributed by atoms with van der Waals surface area (Å²) in [6.07, 6.45) is -11.8. The number of amides is 2. The van der Waals surface area contributed by atoms with Crippen LogP contribution in [0.2, 0.25) is 0 Å². The fraction of sp³-hybridized carbons (Fsp3) is 0.250. The Hall–Kier alpha value is -4.35. The first kappa shape index (κ1) is 28.7. The van der Waals surface area contributed by atoms with Gasteiger partial charge in [-0.05, 0) is 57.2 Å². The van der Waals surface area contributed by atoms with Crippen LogP contribution in [0.15, 0.2) is 72.8 Å². The zero-order valence-electron chi connectivity index (χ0n) is 21.2. The molecule has 1 aliphatic rings. The molecule has 0 bridgehead atoms. The minimum absolute atomic E-state index is 0.118. The molecular formula is C28H21F6NO5. The number of esters is 1. The van der Waals surface area contributed by atoms with E-state index in [4.69, 9.17) is 9.47 Å². The van der Waals surface area contributed by atoms with E-state index in [0.29, 0.717) is 17.0 Å². The summed E-state index contributed by atoms with van der Waals surface area (Å²) in [6.45, 7) is 4.47. The Morgan fingerprint density at radius 1 is 0.775 bits per heavy atom. The molecule has 0 aliphatic carbocycles. The number of carbonyl (C=O) groups excluding carboxylic acids is 3. The average molecular weight is 565 g/mol. The van der Waals surface area contributed by atoms with Gasteiger partial charge in [-0.15, -0.1) is 0 Å². The lowest BCUT2D eigenvalue weighted by atomic mass is 9.85. The van der Waals surface area contributed by atoms with E-state index in [0.717, 1.165) is 0 Å². The molecule has 3 aromatic rings. The molecule has 12 heteroatoms. The van der Waals surface area contributed by atoms with Crippen LogP contribution in [0.3, 0.4) is 0 Å². The van der Waals surface area contributed by atoms with Crippen LogP contribution in [0.1, 0.15) is 53.4 Å². The molecule has 0 saturated carbocycles. The Morgan fingerprint density at radius 2 is 1.30 bits per heavy atom. The SMILES string of the molecule is CC(C)(C)OC(=O)N1C(=O)[C@](OC(=O)c2ccccc2)(c2cc(C(F)(F)F)cc(C(F)(F)F)c2)c2ccccc21. The zero-order valence-corrected chi connectivity index (χ0v) is 21.2. The van der Waals surface area contributed by atoms with Crippen molar-refractivity contribution in [1.82, 2.24) is 0 Å². The van der Waals surface area contributed by atoms with Crippen LogP contribution in [0.4, 0.5) is 36.8 Å². The molecular weight excluding hydrogens is 544 g/mol. The predicted molar refractivity (Wildman–Crippen MR) is 129 cm³/mol. The number of alkyl halides is 6. The number of ether oxygens (including phenoxy) is 2. The molecule has 210 valence electrons. The lowest BCUT2D eigenvalue weighted by molar-refractivity contribution is -0.144. The second-order valence-electron chi connectivity index (χ2n) is 9.87. The molecule has 1 heterocycles. The van der Waals surface area contributed by atoms with Gasteiger partial charge in [-0.25, -0.2) is 14.5 Å². The number of hydrogen-bond acceptors (Lipinski definition) is 5.